The van der Waals surface area contributed by atoms with Crippen LogP contribution in [-0.2, 0) is 11.2 Å². The molecule has 0 N–H and O–H groups in total. The normalized spacial score (nSPS) is 13.9. The summed E-state index contributed by atoms with van der Waals surface area (Å²) in [7, 11) is 0. The number of amides is 1. The number of carbonyl (C=O) groups excluding carboxylic acids is 1. The lowest BCUT2D eigenvalue weighted by atomic mass is 10.0. The van der Waals surface area contributed by atoms with Crippen LogP contribution in [0.1, 0.15) is 54.5 Å². The molecule has 1 aliphatic rings. The first kappa shape index (κ1) is 23.4. The Hall–Kier alpha value is -3.80. The molecule has 3 aromatic rings. The Morgan fingerprint density at radius 2 is 1.82 bits per heavy atom. The topological polar surface area (TPSA) is 112 Å². The van der Waals surface area contributed by atoms with Gasteiger partial charge in [-0.2, -0.15) is 15.3 Å². The first-order chi connectivity index (χ1) is 16.4. The van der Waals surface area contributed by atoms with Crippen molar-refractivity contribution in [3.05, 3.63) is 52.5 Å². The van der Waals surface area contributed by atoms with Crippen LogP contribution in [0.5, 0.6) is 0 Å². The molecule has 1 aliphatic heterocycles. The highest BCUT2D eigenvalue weighted by Gasteiger charge is 2.25. The molecule has 0 atom stereocenters. The van der Waals surface area contributed by atoms with Gasteiger partial charge in [0.2, 0.25) is 17.6 Å². The number of aryl methyl sites for hydroxylation is 2. The minimum atomic E-state index is 0.0485. The molecule has 2 aromatic heterocycles. The van der Waals surface area contributed by atoms with E-state index in [0.717, 1.165) is 16.8 Å². The van der Waals surface area contributed by atoms with Crippen molar-refractivity contribution in [2.24, 2.45) is 0 Å². The fourth-order valence-electron chi connectivity index (χ4n) is 3.98. The highest BCUT2D eigenvalue weighted by Crippen LogP contribution is 2.23. The van der Waals surface area contributed by atoms with Crippen molar-refractivity contribution in [3.63, 3.8) is 0 Å². The van der Waals surface area contributed by atoms with E-state index in [1.165, 1.54) is 5.56 Å². The van der Waals surface area contributed by atoms with Crippen molar-refractivity contribution in [3.8, 4) is 17.5 Å². The molecule has 3 heterocycles. The fourth-order valence-corrected chi connectivity index (χ4v) is 3.98. The number of nitrogens with zero attached hydrogens (tertiary/aromatic N) is 7. The first-order valence-electron chi connectivity index (χ1n) is 11.6. The van der Waals surface area contributed by atoms with Crippen LogP contribution in [0.4, 0.5) is 5.82 Å². The van der Waals surface area contributed by atoms with Crippen molar-refractivity contribution in [2.45, 2.75) is 46.5 Å². The third kappa shape index (κ3) is 4.91. The number of benzene rings is 1. The lowest BCUT2D eigenvalue weighted by molar-refractivity contribution is -0.131. The molecule has 1 fully saturated rings. The standard InChI is InChI=1S/C25H29N7O2/c1-16(2)19-5-7-20(8-6-19)24-27-22(34-30-24)9-10-23(33)31-11-13-32(14-12-31)25-21(15-26)17(3)18(4)28-29-25/h5-8,16H,9-14H2,1-4H3. The monoisotopic (exact) mass is 459 g/mol. The maximum atomic E-state index is 12.8. The number of hydrogen-bond acceptors (Lipinski definition) is 8. The molecule has 9 nitrogen and oxygen atoms in total. The molecular formula is C25H29N7O2. The van der Waals surface area contributed by atoms with E-state index in [1.54, 1.807) is 0 Å². The molecule has 0 aliphatic carbocycles. The molecule has 0 radical (unpaired) electrons. The van der Waals surface area contributed by atoms with Crippen LogP contribution < -0.4 is 4.90 Å². The van der Waals surface area contributed by atoms with E-state index in [0.29, 0.717) is 68.0 Å². The molecule has 1 saturated heterocycles. The molecule has 34 heavy (non-hydrogen) atoms. The Bertz CT molecular complexity index is 1200. The van der Waals surface area contributed by atoms with Crippen LogP contribution in [0, 0.1) is 25.2 Å². The molecular weight excluding hydrogens is 430 g/mol. The zero-order valence-corrected chi connectivity index (χ0v) is 20.1. The summed E-state index contributed by atoms with van der Waals surface area (Å²) in [6.45, 7) is 10.4. The van der Waals surface area contributed by atoms with Gasteiger partial charge >= 0.3 is 0 Å². The molecule has 0 saturated carbocycles. The van der Waals surface area contributed by atoms with Crippen molar-refractivity contribution >= 4 is 11.7 Å². The van der Waals surface area contributed by atoms with E-state index in [4.69, 9.17) is 4.52 Å². The third-order valence-electron chi connectivity index (χ3n) is 6.34. The zero-order valence-electron chi connectivity index (χ0n) is 20.1. The van der Waals surface area contributed by atoms with Crippen LogP contribution in [0.25, 0.3) is 11.4 Å². The van der Waals surface area contributed by atoms with Crippen LogP contribution in [-0.4, -0.2) is 57.3 Å². The van der Waals surface area contributed by atoms with Gasteiger partial charge in [-0.1, -0.05) is 43.3 Å². The summed E-state index contributed by atoms with van der Waals surface area (Å²) in [5.74, 6) is 2.10. The fraction of sp³-hybridized carbons (Fsp3) is 0.440. The summed E-state index contributed by atoms with van der Waals surface area (Å²) < 4.78 is 5.37. The van der Waals surface area contributed by atoms with Gasteiger partial charge in [0.25, 0.3) is 0 Å². The van der Waals surface area contributed by atoms with Gasteiger partial charge in [-0.05, 0) is 30.9 Å². The number of rotatable bonds is 6. The Kier molecular flexibility index (Phi) is 6.87. The summed E-state index contributed by atoms with van der Waals surface area (Å²) in [6, 6.07) is 10.4. The Labute approximate surface area is 199 Å². The van der Waals surface area contributed by atoms with Crippen LogP contribution in [0.2, 0.25) is 0 Å². The largest absolute Gasteiger partial charge is 0.350 e. The quantitative estimate of drug-likeness (QED) is 0.551. The van der Waals surface area contributed by atoms with E-state index < -0.39 is 0 Å². The van der Waals surface area contributed by atoms with Crippen LogP contribution in [0.3, 0.4) is 0 Å². The first-order valence-corrected chi connectivity index (χ1v) is 11.6. The highest BCUT2D eigenvalue weighted by atomic mass is 16.5. The van der Waals surface area contributed by atoms with E-state index in [1.807, 2.05) is 35.8 Å². The molecule has 1 amide bonds. The van der Waals surface area contributed by atoms with Crippen molar-refractivity contribution < 1.29 is 9.32 Å². The summed E-state index contributed by atoms with van der Waals surface area (Å²) >= 11 is 0. The number of aromatic nitrogens is 4. The molecule has 9 heteroatoms. The highest BCUT2D eigenvalue weighted by molar-refractivity contribution is 5.76. The van der Waals surface area contributed by atoms with Gasteiger partial charge in [0.15, 0.2) is 5.82 Å². The van der Waals surface area contributed by atoms with Gasteiger partial charge < -0.3 is 14.3 Å². The molecule has 1 aromatic carbocycles. The van der Waals surface area contributed by atoms with Crippen molar-refractivity contribution in [1.82, 2.24) is 25.2 Å². The van der Waals surface area contributed by atoms with E-state index >= 15 is 0 Å². The Balaban J connectivity index is 1.31. The maximum absolute atomic E-state index is 12.8. The SMILES string of the molecule is Cc1nnc(N2CCN(C(=O)CCc3nc(-c4ccc(C(C)C)cc4)no3)CC2)c(C#N)c1C. The summed E-state index contributed by atoms with van der Waals surface area (Å²) in [6.07, 6.45) is 0.706. The molecule has 4 rings (SSSR count). The molecule has 176 valence electrons. The summed E-state index contributed by atoms with van der Waals surface area (Å²) in [5, 5.41) is 22.0. The summed E-state index contributed by atoms with van der Waals surface area (Å²) in [4.78, 5) is 21.1. The van der Waals surface area contributed by atoms with Gasteiger partial charge in [0, 0.05) is 44.6 Å². The van der Waals surface area contributed by atoms with E-state index in [2.05, 4.69) is 52.4 Å². The number of carbonyl (C=O) groups is 1. The second kappa shape index (κ2) is 10.00. The van der Waals surface area contributed by atoms with Gasteiger partial charge in [0.1, 0.15) is 11.6 Å². The second-order valence-corrected chi connectivity index (χ2v) is 8.88. The van der Waals surface area contributed by atoms with E-state index in [9.17, 15) is 10.1 Å². The minimum absolute atomic E-state index is 0.0485. The number of hydrogen-bond donors (Lipinski definition) is 0. The second-order valence-electron chi connectivity index (χ2n) is 8.88. The van der Waals surface area contributed by atoms with Crippen LogP contribution >= 0.6 is 0 Å². The predicted molar refractivity (Wildman–Crippen MR) is 127 cm³/mol. The Morgan fingerprint density at radius 1 is 1.12 bits per heavy atom. The van der Waals surface area contributed by atoms with Gasteiger partial charge in [-0.3, -0.25) is 4.79 Å². The van der Waals surface area contributed by atoms with Crippen LogP contribution in [0.15, 0.2) is 28.8 Å². The minimum Gasteiger partial charge on any atom is -0.350 e. The Morgan fingerprint density at radius 3 is 2.47 bits per heavy atom. The third-order valence-corrected chi connectivity index (χ3v) is 6.34. The molecule has 0 bridgehead atoms. The molecule has 0 unspecified atom stereocenters. The zero-order chi connectivity index (χ0) is 24.2. The van der Waals surface area contributed by atoms with E-state index in [-0.39, 0.29) is 5.91 Å². The van der Waals surface area contributed by atoms with Gasteiger partial charge in [0.05, 0.1) is 5.69 Å². The summed E-state index contributed by atoms with van der Waals surface area (Å²) in [5.41, 5.74) is 4.31. The predicted octanol–water partition coefficient (Wildman–Crippen LogP) is 3.42. The number of piperazine rings is 1. The number of nitriles is 1. The van der Waals surface area contributed by atoms with Crippen molar-refractivity contribution in [2.75, 3.05) is 31.1 Å². The smallest absolute Gasteiger partial charge is 0.227 e. The van der Waals surface area contributed by atoms with Gasteiger partial charge in [-0.15, -0.1) is 5.10 Å². The maximum Gasteiger partial charge on any atom is 0.227 e. The average Bonchev–Trinajstić information content (AvgIpc) is 3.33. The lowest BCUT2D eigenvalue weighted by Gasteiger charge is -2.35. The van der Waals surface area contributed by atoms with Gasteiger partial charge in [-0.25, -0.2) is 0 Å². The average molecular weight is 460 g/mol. The molecule has 0 spiro atoms. The van der Waals surface area contributed by atoms with Crippen molar-refractivity contribution in [1.29, 1.82) is 5.26 Å². The lowest BCUT2D eigenvalue weighted by Crippen LogP contribution is -2.49. The number of anilines is 1.